The van der Waals surface area contributed by atoms with Gasteiger partial charge >= 0.3 is 0 Å². The van der Waals surface area contributed by atoms with Crippen LogP contribution in [0.5, 0.6) is 11.5 Å². The monoisotopic (exact) mass is 253 g/mol. The maximum absolute atomic E-state index is 12.0. The van der Waals surface area contributed by atoms with E-state index in [2.05, 4.69) is 11.4 Å². The predicted octanol–water partition coefficient (Wildman–Crippen LogP) is 3.59. The Hall–Kier alpha value is -2.29. The van der Waals surface area contributed by atoms with Crippen molar-refractivity contribution in [1.82, 2.24) is 0 Å². The summed E-state index contributed by atoms with van der Waals surface area (Å²) in [5, 5.41) is 2.93. The van der Waals surface area contributed by atoms with Crippen LogP contribution in [0.3, 0.4) is 0 Å². The molecule has 1 aliphatic rings. The van der Waals surface area contributed by atoms with Crippen LogP contribution in [0.4, 0.5) is 5.69 Å². The Labute approximate surface area is 112 Å². The topological polar surface area (TPSA) is 41.6 Å². The van der Waals surface area contributed by atoms with Gasteiger partial charge in [0.15, 0.2) is 11.5 Å². The predicted molar refractivity (Wildman–Crippen MR) is 74.8 cm³/mol. The van der Waals surface area contributed by atoms with Crippen molar-refractivity contribution in [3.05, 3.63) is 53.1 Å². The van der Waals surface area contributed by atoms with Crippen molar-refractivity contribution in [2.24, 2.45) is 0 Å². The van der Waals surface area contributed by atoms with E-state index in [4.69, 9.17) is 4.74 Å². The van der Waals surface area contributed by atoms with E-state index in [-0.39, 0.29) is 5.91 Å². The second-order valence-electron chi connectivity index (χ2n) is 4.98. The standard InChI is InChI=1S/C16H15NO2/c1-10-5-11(2)7-13(6-10)17-16(18)9-12-3-4-14-15(8-12)19-14/h3-8H,9H2,1-2H3,(H,17,18). The zero-order chi connectivity index (χ0) is 13.4. The molecule has 0 unspecified atom stereocenters. The van der Waals surface area contributed by atoms with Crippen LogP contribution in [0.2, 0.25) is 0 Å². The Morgan fingerprint density at radius 1 is 1.05 bits per heavy atom. The molecule has 1 N–H and O–H groups in total. The number of rotatable bonds is 3. The lowest BCUT2D eigenvalue weighted by Crippen LogP contribution is -2.14. The minimum atomic E-state index is -0.00870. The van der Waals surface area contributed by atoms with Gasteiger partial charge in [-0.2, -0.15) is 0 Å². The SMILES string of the molecule is Cc1cc(C)cc(NC(=O)Cc2ccc3c(c2)O3)c1. The first-order chi connectivity index (χ1) is 9.10. The third-order valence-corrected chi connectivity index (χ3v) is 3.06. The Morgan fingerprint density at radius 2 is 1.79 bits per heavy atom. The molecule has 19 heavy (non-hydrogen) atoms. The number of ether oxygens (including phenoxy) is 1. The first-order valence-electron chi connectivity index (χ1n) is 6.29. The van der Waals surface area contributed by atoms with Crippen LogP contribution < -0.4 is 10.1 Å². The zero-order valence-electron chi connectivity index (χ0n) is 11.0. The van der Waals surface area contributed by atoms with Gasteiger partial charge in [-0.3, -0.25) is 4.79 Å². The Morgan fingerprint density at radius 3 is 2.47 bits per heavy atom. The average Bonchev–Trinajstić information content (AvgIpc) is 3.05. The van der Waals surface area contributed by atoms with Crippen molar-refractivity contribution >= 4 is 11.6 Å². The smallest absolute Gasteiger partial charge is 0.228 e. The molecule has 2 aromatic carbocycles. The molecular formula is C16H15NO2. The fraction of sp³-hybridized carbons (Fsp3) is 0.188. The zero-order valence-corrected chi connectivity index (χ0v) is 11.0. The number of fused-ring (bicyclic) bond motifs is 1. The van der Waals surface area contributed by atoms with Crippen LogP contribution in [0.25, 0.3) is 0 Å². The van der Waals surface area contributed by atoms with Gasteiger partial charge in [-0.05, 0) is 54.8 Å². The molecule has 0 fully saturated rings. The van der Waals surface area contributed by atoms with E-state index in [1.165, 1.54) is 0 Å². The van der Waals surface area contributed by atoms with Crippen LogP contribution in [-0.4, -0.2) is 5.91 Å². The van der Waals surface area contributed by atoms with Gasteiger partial charge in [-0.15, -0.1) is 0 Å². The molecule has 0 radical (unpaired) electrons. The van der Waals surface area contributed by atoms with E-state index in [9.17, 15) is 4.79 Å². The van der Waals surface area contributed by atoms with Crippen molar-refractivity contribution in [2.75, 3.05) is 5.32 Å². The highest BCUT2D eigenvalue weighted by Gasteiger charge is 2.19. The number of benzene rings is 2. The van der Waals surface area contributed by atoms with E-state index in [0.717, 1.165) is 33.9 Å². The number of hydrogen-bond donors (Lipinski definition) is 1. The molecule has 3 heteroatoms. The minimum absolute atomic E-state index is 0.00870. The fourth-order valence-corrected chi connectivity index (χ4v) is 2.26. The lowest BCUT2D eigenvalue weighted by Gasteiger charge is -2.07. The number of amides is 1. The third kappa shape index (κ3) is 2.76. The van der Waals surface area contributed by atoms with Crippen molar-refractivity contribution in [3.8, 4) is 11.5 Å². The number of hydrogen-bond acceptors (Lipinski definition) is 2. The van der Waals surface area contributed by atoms with E-state index in [1.54, 1.807) is 0 Å². The summed E-state index contributed by atoms with van der Waals surface area (Å²) in [6, 6.07) is 11.8. The van der Waals surface area contributed by atoms with Crippen molar-refractivity contribution in [2.45, 2.75) is 20.3 Å². The highest BCUT2D eigenvalue weighted by Crippen LogP contribution is 2.45. The summed E-state index contributed by atoms with van der Waals surface area (Å²) >= 11 is 0. The van der Waals surface area contributed by atoms with E-state index in [1.807, 2.05) is 44.2 Å². The fourth-order valence-electron chi connectivity index (χ4n) is 2.26. The van der Waals surface area contributed by atoms with E-state index < -0.39 is 0 Å². The third-order valence-electron chi connectivity index (χ3n) is 3.06. The van der Waals surface area contributed by atoms with Crippen LogP contribution in [-0.2, 0) is 11.2 Å². The first kappa shape index (κ1) is 11.8. The maximum atomic E-state index is 12.0. The molecule has 2 aromatic rings. The summed E-state index contributed by atoms with van der Waals surface area (Å²) in [5.74, 6) is 1.79. The molecule has 0 spiro atoms. The van der Waals surface area contributed by atoms with Crippen LogP contribution >= 0.6 is 0 Å². The molecular weight excluding hydrogens is 238 g/mol. The number of carbonyl (C=O) groups is 1. The summed E-state index contributed by atoms with van der Waals surface area (Å²) in [6.45, 7) is 4.04. The molecule has 0 bridgehead atoms. The van der Waals surface area contributed by atoms with Crippen LogP contribution in [0, 0.1) is 13.8 Å². The molecule has 1 aliphatic heterocycles. The lowest BCUT2D eigenvalue weighted by molar-refractivity contribution is -0.115. The molecule has 1 amide bonds. The summed E-state index contributed by atoms with van der Waals surface area (Å²) < 4.78 is 5.18. The molecule has 0 saturated carbocycles. The van der Waals surface area contributed by atoms with Gasteiger partial charge in [-0.25, -0.2) is 0 Å². The summed E-state index contributed by atoms with van der Waals surface area (Å²) in [7, 11) is 0. The highest BCUT2D eigenvalue weighted by molar-refractivity contribution is 5.92. The normalized spacial score (nSPS) is 11.5. The molecule has 3 rings (SSSR count). The summed E-state index contributed by atoms with van der Waals surface area (Å²) in [6.07, 6.45) is 0.365. The number of aryl methyl sites for hydroxylation is 2. The summed E-state index contributed by atoms with van der Waals surface area (Å²) in [5.41, 5.74) is 4.12. The second-order valence-corrected chi connectivity index (χ2v) is 4.98. The maximum Gasteiger partial charge on any atom is 0.228 e. The number of anilines is 1. The molecule has 3 nitrogen and oxygen atoms in total. The molecule has 0 aliphatic carbocycles. The van der Waals surface area contributed by atoms with Gasteiger partial charge in [0, 0.05) is 5.69 Å². The molecule has 0 saturated heterocycles. The van der Waals surface area contributed by atoms with Gasteiger partial charge in [0.1, 0.15) is 0 Å². The second kappa shape index (κ2) is 4.43. The van der Waals surface area contributed by atoms with Gasteiger partial charge < -0.3 is 10.1 Å². The van der Waals surface area contributed by atoms with Crippen molar-refractivity contribution in [3.63, 3.8) is 0 Å². The highest BCUT2D eigenvalue weighted by atomic mass is 16.6. The van der Waals surface area contributed by atoms with Gasteiger partial charge in [0.05, 0.1) is 6.42 Å². The number of carbonyl (C=O) groups excluding carboxylic acids is 1. The van der Waals surface area contributed by atoms with Crippen LogP contribution in [0.15, 0.2) is 36.4 Å². The molecule has 1 heterocycles. The largest absolute Gasteiger partial charge is 0.450 e. The van der Waals surface area contributed by atoms with Crippen molar-refractivity contribution < 1.29 is 9.53 Å². The Bertz CT molecular complexity index is 642. The average molecular weight is 253 g/mol. The van der Waals surface area contributed by atoms with Gasteiger partial charge in [-0.1, -0.05) is 12.1 Å². The Balaban J connectivity index is 1.68. The molecule has 0 aromatic heterocycles. The van der Waals surface area contributed by atoms with E-state index in [0.29, 0.717) is 6.42 Å². The quantitative estimate of drug-likeness (QED) is 0.725. The minimum Gasteiger partial charge on any atom is -0.450 e. The summed E-state index contributed by atoms with van der Waals surface area (Å²) in [4.78, 5) is 12.0. The van der Waals surface area contributed by atoms with Gasteiger partial charge in [0.25, 0.3) is 0 Å². The Kier molecular flexibility index (Phi) is 2.75. The lowest BCUT2D eigenvalue weighted by atomic mass is 10.1. The van der Waals surface area contributed by atoms with E-state index >= 15 is 0 Å². The first-order valence-corrected chi connectivity index (χ1v) is 6.29. The van der Waals surface area contributed by atoms with Crippen LogP contribution in [0.1, 0.15) is 16.7 Å². The number of nitrogens with one attached hydrogen (secondary N) is 1. The van der Waals surface area contributed by atoms with Gasteiger partial charge in [0.2, 0.25) is 5.91 Å². The molecule has 96 valence electrons. The van der Waals surface area contributed by atoms with Crippen molar-refractivity contribution in [1.29, 1.82) is 0 Å². The molecule has 0 atom stereocenters.